The molecule has 0 saturated carbocycles. The second-order valence-corrected chi connectivity index (χ2v) is 6.86. The maximum atomic E-state index is 8.88. The second-order valence-electron chi connectivity index (χ2n) is 6.86. The van der Waals surface area contributed by atoms with Crippen LogP contribution in [0.15, 0.2) is 116 Å². The Morgan fingerprint density at radius 1 is 0.636 bits per heavy atom. The molecule has 5 aromatic rings. The largest absolute Gasteiger partial charge is 0.305 e. The molecule has 0 aliphatic rings. The SMILES string of the molecule is N#Cc1ccc[c-]c1-c1ccccn1.[Ir].[c-]1ccccc1-c1ccc(-c2ccccc2)cn1. The first-order valence-electron chi connectivity index (χ1n) is 10.2. The van der Waals surface area contributed by atoms with E-state index in [-0.39, 0.29) is 20.1 Å². The van der Waals surface area contributed by atoms with E-state index >= 15 is 0 Å². The molecule has 2 aromatic heterocycles. The van der Waals surface area contributed by atoms with Gasteiger partial charge in [-0.1, -0.05) is 54.6 Å². The fourth-order valence-electron chi connectivity index (χ4n) is 3.16. The summed E-state index contributed by atoms with van der Waals surface area (Å²) in [6.07, 6.45) is 3.61. The van der Waals surface area contributed by atoms with E-state index in [1.54, 1.807) is 24.4 Å². The van der Waals surface area contributed by atoms with Crippen LogP contribution in [-0.2, 0) is 20.1 Å². The summed E-state index contributed by atoms with van der Waals surface area (Å²) in [4.78, 5) is 8.67. The van der Waals surface area contributed by atoms with Gasteiger partial charge in [0.1, 0.15) is 0 Å². The number of nitrogens with zero attached hydrogens (tertiary/aromatic N) is 3. The van der Waals surface area contributed by atoms with Crippen LogP contribution in [0.25, 0.3) is 33.6 Å². The van der Waals surface area contributed by atoms with Gasteiger partial charge in [-0.15, -0.1) is 65.7 Å². The van der Waals surface area contributed by atoms with Crippen LogP contribution in [0.3, 0.4) is 0 Å². The zero-order chi connectivity index (χ0) is 22.0. The Bertz CT molecular complexity index is 1240. The van der Waals surface area contributed by atoms with Gasteiger partial charge in [0, 0.05) is 38.6 Å². The van der Waals surface area contributed by atoms with E-state index in [0.717, 1.165) is 28.1 Å². The van der Waals surface area contributed by atoms with E-state index < -0.39 is 0 Å². The summed E-state index contributed by atoms with van der Waals surface area (Å²) in [6, 6.07) is 41.6. The van der Waals surface area contributed by atoms with Gasteiger partial charge in [0.2, 0.25) is 0 Å². The van der Waals surface area contributed by atoms with E-state index in [4.69, 9.17) is 5.26 Å². The van der Waals surface area contributed by atoms with Crippen LogP contribution >= 0.6 is 0 Å². The summed E-state index contributed by atoms with van der Waals surface area (Å²) in [5.41, 5.74) is 6.45. The molecule has 161 valence electrons. The minimum atomic E-state index is 0. The Labute approximate surface area is 207 Å². The fraction of sp³-hybridized carbons (Fsp3) is 0. The summed E-state index contributed by atoms with van der Waals surface area (Å²) in [7, 11) is 0. The van der Waals surface area contributed by atoms with Crippen molar-refractivity contribution in [3.05, 3.63) is 133 Å². The molecule has 4 heteroatoms. The molecule has 3 aromatic carbocycles. The molecule has 5 rings (SSSR count). The predicted octanol–water partition coefficient (Wildman–Crippen LogP) is 6.63. The van der Waals surface area contributed by atoms with Crippen molar-refractivity contribution in [2.75, 3.05) is 0 Å². The Morgan fingerprint density at radius 2 is 1.42 bits per heavy atom. The van der Waals surface area contributed by atoms with Crippen molar-refractivity contribution in [2.45, 2.75) is 0 Å². The van der Waals surface area contributed by atoms with Crippen molar-refractivity contribution in [2.24, 2.45) is 0 Å². The Hall–Kier alpha value is -3.90. The van der Waals surface area contributed by atoms with E-state index in [1.807, 2.05) is 72.9 Å². The third kappa shape index (κ3) is 6.30. The number of nitriles is 1. The second kappa shape index (κ2) is 12.2. The van der Waals surface area contributed by atoms with Crippen molar-refractivity contribution in [1.82, 2.24) is 9.97 Å². The third-order valence-corrected chi connectivity index (χ3v) is 4.75. The minimum Gasteiger partial charge on any atom is -0.305 e. The van der Waals surface area contributed by atoms with E-state index in [9.17, 15) is 0 Å². The zero-order valence-corrected chi connectivity index (χ0v) is 20.0. The molecular formula is C29H19IrN3-2. The smallest absolute Gasteiger partial charge is 0.0475 e. The molecule has 0 amide bonds. The van der Waals surface area contributed by atoms with Crippen molar-refractivity contribution < 1.29 is 20.1 Å². The third-order valence-electron chi connectivity index (χ3n) is 4.75. The first kappa shape index (κ1) is 23.8. The van der Waals surface area contributed by atoms with Gasteiger partial charge in [0.15, 0.2) is 0 Å². The van der Waals surface area contributed by atoms with E-state index in [1.165, 1.54) is 5.56 Å². The van der Waals surface area contributed by atoms with Crippen LogP contribution in [0.4, 0.5) is 0 Å². The van der Waals surface area contributed by atoms with Crippen molar-refractivity contribution in [1.29, 1.82) is 5.26 Å². The maximum absolute atomic E-state index is 8.88. The number of benzene rings is 3. The first-order valence-corrected chi connectivity index (χ1v) is 10.2. The molecule has 0 N–H and O–H groups in total. The average Bonchev–Trinajstić information content (AvgIpc) is 2.91. The van der Waals surface area contributed by atoms with Gasteiger partial charge in [-0.3, -0.25) is 0 Å². The zero-order valence-electron chi connectivity index (χ0n) is 17.6. The minimum absolute atomic E-state index is 0. The van der Waals surface area contributed by atoms with Gasteiger partial charge in [-0.25, -0.2) is 5.26 Å². The van der Waals surface area contributed by atoms with E-state index in [2.05, 4.69) is 46.4 Å². The molecule has 0 bridgehead atoms. The average molecular weight is 602 g/mol. The summed E-state index contributed by atoms with van der Waals surface area (Å²) >= 11 is 0. The number of rotatable bonds is 3. The molecule has 1 radical (unpaired) electrons. The summed E-state index contributed by atoms with van der Waals surface area (Å²) in [5.74, 6) is 0. The molecule has 0 atom stereocenters. The van der Waals surface area contributed by atoms with Crippen molar-refractivity contribution in [3.63, 3.8) is 0 Å². The molecule has 0 spiro atoms. The molecule has 0 saturated heterocycles. The van der Waals surface area contributed by atoms with Crippen molar-refractivity contribution in [3.8, 4) is 39.7 Å². The van der Waals surface area contributed by atoms with Gasteiger partial charge in [-0.2, -0.15) is 0 Å². The molecule has 0 unspecified atom stereocenters. The topological polar surface area (TPSA) is 49.6 Å². The summed E-state index contributed by atoms with van der Waals surface area (Å²) < 4.78 is 0. The quantitative estimate of drug-likeness (QED) is 0.218. The fourth-order valence-corrected chi connectivity index (χ4v) is 3.16. The Balaban J connectivity index is 0.000000186. The molecule has 0 aliphatic carbocycles. The van der Waals surface area contributed by atoms with Crippen molar-refractivity contribution >= 4 is 0 Å². The van der Waals surface area contributed by atoms with Gasteiger partial charge in [0.25, 0.3) is 0 Å². The molecular weight excluding hydrogens is 583 g/mol. The molecule has 0 fully saturated rings. The number of aromatic nitrogens is 2. The monoisotopic (exact) mass is 602 g/mol. The van der Waals surface area contributed by atoms with Gasteiger partial charge < -0.3 is 9.97 Å². The standard InChI is InChI=1S/C17H12N.C12H7N2.Ir/c1-3-7-14(8-4-1)16-11-12-17(18-13-16)15-9-5-2-6-10-15;13-9-10-5-1-2-6-11(10)12-7-3-4-8-14-12;/h1-9,11-13H;1-5,7-8H;/q2*-1;. The number of hydrogen-bond acceptors (Lipinski definition) is 3. The van der Waals surface area contributed by atoms with Gasteiger partial charge >= 0.3 is 0 Å². The summed E-state index contributed by atoms with van der Waals surface area (Å²) in [5, 5.41) is 8.88. The molecule has 0 aliphatic heterocycles. The van der Waals surface area contributed by atoms with Crippen LogP contribution in [0.2, 0.25) is 0 Å². The first-order chi connectivity index (χ1) is 15.8. The van der Waals surface area contributed by atoms with Crippen LogP contribution in [0.5, 0.6) is 0 Å². The van der Waals surface area contributed by atoms with Crippen LogP contribution in [-0.4, -0.2) is 9.97 Å². The molecule has 3 nitrogen and oxygen atoms in total. The molecule has 2 heterocycles. The van der Waals surface area contributed by atoms with Crippen LogP contribution in [0, 0.1) is 23.5 Å². The van der Waals surface area contributed by atoms with Gasteiger partial charge in [-0.05, 0) is 34.1 Å². The number of pyridine rings is 2. The Morgan fingerprint density at radius 3 is 2.09 bits per heavy atom. The van der Waals surface area contributed by atoms with Crippen LogP contribution < -0.4 is 0 Å². The van der Waals surface area contributed by atoms with E-state index in [0.29, 0.717) is 5.56 Å². The number of hydrogen-bond donors (Lipinski definition) is 0. The summed E-state index contributed by atoms with van der Waals surface area (Å²) in [6.45, 7) is 0. The Kier molecular flexibility index (Phi) is 8.79. The van der Waals surface area contributed by atoms with Gasteiger partial charge in [0.05, 0.1) is 0 Å². The molecule has 33 heavy (non-hydrogen) atoms. The maximum Gasteiger partial charge on any atom is 0.0475 e. The van der Waals surface area contributed by atoms with Crippen LogP contribution in [0.1, 0.15) is 5.56 Å². The predicted molar refractivity (Wildman–Crippen MR) is 127 cm³/mol. The normalized spacial score (nSPS) is 9.55.